The number of aromatic nitrogens is 1. The predicted molar refractivity (Wildman–Crippen MR) is 130 cm³/mol. The number of methoxy groups -OCH3 is 2. The Morgan fingerprint density at radius 1 is 1.09 bits per heavy atom. The number of amides is 2. The second-order valence-electron chi connectivity index (χ2n) is 8.25. The lowest BCUT2D eigenvalue weighted by Gasteiger charge is -2.31. The Balaban J connectivity index is 1.37. The molecule has 34 heavy (non-hydrogen) atoms. The van der Waals surface area contributed by atoms with Gasteiger partial charge in [-0.15, -0.1) is 0 Å². The second kappa shape index (κ2) is 10.3. The monoisotopic (exact) mass is 463 g/mol. The minimum atomic E-state index is -0.565. The van der Waals surface area contributed by atoms with Crippen molar-refractivity contribution in [2.75, 3.05) is 33.9 Å². The molecule has 8 heteroatoms. The van der Waals surface area contributed by atoms with E-state index in [4.69, 9.17) is 19.9 Å². The smallest absolute Gasteiger partial charge is 0.255 e. The number of primary amides is 1. The first kappa shape index (κ1) is 23.2. The lowest BCUT2D eigenvalue weighted by Crippen LogP contribution is -2.36. The third-order valence-corrected chi connectivity index (χ3v) is 6.14. The normalized spacial score (nSPS) is 14.5. The number of nitrogens with zero attached hydrogens (tertiary/aromatic N) is 1. The highest BCUT2D eigenvalue weighted by molar-refractivity contribution is 5.92. The van der Waals surface area contributed by atoms with Gasteiger partial charge < -0.3 is 29.8 Å². The van der Waals surface area contributed by atoms with Crippen LogP contribution in [0.5, 0.6) is 17.2 Å². The van der Waals surface area contributed by atoms with E-state index in [9.17, 15) is 9.59 Å². The van der Waals surface area contributed by atoms with Gasteiger partial charge >= 0.3 is 0 Å². The Morgan fingerprint density at radius 2 is 1.88 bits per heavy atom. The third kappa shape index (κ3) is 5.17. The van der Waals surface area contributed by atoms with Crippen LogP contribution in [0, 0.1) is 0 Å². The molecule has 2 amide bonds. The van der Waals surface area contributed by atoms with Crippen molar-refractivity contribution in [3.63, 3.8) is 0 Å². The van der Waals surface area contributed by atoms with Crippen molar-refractivity contribution in [1.29, 1.82) is 0 Å². The number of fused-ring (bicyclic) bond motifs is 1. The average molecular weight is 464 g/mol. The van der Waals surface area contributed by atoms with E-state index in [1.54, 1.807) is 37.5 Å². The number of rotatable bonds is 8. The van der Waals surface area contributed by atoms with Gasteiger partial charge in [0.25, 0.3) is 5.91 Å². The van der Waals surface area contributed by atoms with Crippen LogP contribution < -0.4 is 19.9 Å². The molecule has 1 fully saturated rings. The number of carbonyl (C=O) groups excluding carboxylic acids is 2. The highest BCUT2D eigenvalue weighted by atomic mass is 16.5. The SMILES string of the molecule is COc1ccc2[nH]cc(C3CCN(C(=O)/C=C/c4ccc(OCC(N)=O)c(OC)c4)CC3)c2c1. The molecule has 1 aromatic heterocycles. The molecule has 4 rings (SSSR count). The Bertz CT molecular complexity index is 1210. The van der Waals surface area contributed by atoms with Gasteiger partial charge in [0, 0.05) is 36.3 Å². The summed E-state index contributed by atoms with van der Waals surface area (Å²) in [6.45, 7) is 1.17. The summed E-state index contributed by atoms with van der Waals surface area (Å²) in [6, 6.07) is 11.3. The third-order valence-electron chi connectivity index (χ3n) is 6.14. The van der Waals surface area contributed by atoms with Gasteiger partial charge in [0.15, 0.2) is 18.1 Å². The van der Waals surface area contributed by atoms with E-state index >= 15 is 0 Å². The van der Waals surface area contributed by atoms with E-state index in [1.807, 2.05) is 17.0 Å². The highest BCUT2D eigenvalue weighted by Crippen LogP contribution is 2.35. The van der Waals surface area contributed by atoms with Gasteiger partial charge in [-0.05, 0) is 66.3 Å². The zero-order chi connectivity index (χ0) is 24.1. The highest BCUT2D eigenvalue weighted by Gasteiger charge is 2.24. The van der Waals surface area contributed by atoms with Gasteiger partial charge in [-0.1, -0.05) is 6.07 Å². The Hall–Kier alpha value is -3.94. The number of piperidine rings is 1. The van der Waals surface area contributed by atoms with E-state index in [2.05, 4.69) is 17.2 Å². The van der Waals surface area contributed by atoms with Gasteiger partial charge in [-0.2, -0.15) is 0 Å². The zero-order valence-electron chi connectivity index (χ0n) is 19.4. The number of hydrogen-bond donors (Lipinski definition) is 2. The number of nitrogens with two attached hydrogens (primary N) is 1. The molecule has 178 valence electrons. The number of carbonyl (C=O) groups is 2. The van der Waals surface area contributed by atoms with Crippen molar-refractivity contribution in [1.82, 2.24) is 9.88 Å². The van der Waals surface area contributed by atoms with Crippen molar-refractivity contribution in [2.24, 2.45) is 5.73 Å². The number of aromatic amines is 1. The molecular weight excluding hydrogens is 434 g/mol. The summed E-state index contributed by atoms with van der Waals surface area (Å²) in [6.07, 6.45) is 7.22. The molecule has 2 heterocycles. The molecule has 0 bridgehead atoms. The Morgan fingerprint density at radius 3 is 2.59 bits per heavy atom. The quantitative estimate of drug-likeness (QED) is 0.498. The van der Waals surface area contributed by atoms with Gasteiger partial charge in [0.1, 0.15) is 5.75 Å². The fourth-order valence-electron chi connectivity index (χ4n) is 4.33. The van der Waals surface area contributed by atoms with Gasteiger partial charge in [-0.3, -0.25) is 9.59 Å². The molecule has 0 aliphatic carbocycles. The van der Waals surface area contributed by atoms with Crippen LogP contribution in [0.3, 0.4) is 0 Å². The summed E-state index contributed by atoms with van der Waals surface area (Å²) < 4.78 is 16.0. The number of nitrogens with one attached hydrogen (secondary N) is 1. The molecule has 0 radical (unpaired) electrons. The van der Waals surface area contributed by atoms with Crippen LogP contribution in [-0.2, 0) is 9.59 Å². The van der Waals surface area contributed by atoms with Crippen molar-refractivity contribution < 1.29 is 23.8 Å². The lowest BCUT2D eigenvalue weighted by atomic mass is 9.89. The van der Waals surface area contributed by atoms with E-state index < -0.39 is 5.91 Å². The molecule has 1 aliphatic rings. The topological polar surface area (TPSA) is 107 Å². The predicted octanol–water partition coefficient (Wildman–Crippen LogP) is 3.47. The number of benzene rings is 2. The van der Waals surface area contributed by atoms with Crippen LogP contribution in [0.4, 0.5) is 0 Å². The van der Waals surface area contributed by atoms with Crippen LogP contribution in [0.15, 0.2) is 48.7 Å². The van der Waals surface area contributed by atoms with E-state index in [1.165, 1.54) is 18.1 Å². The van der Waals surface area contributed by atoms with Crippen molar-refractivity contribution >= 4 is 28.8 Å². The second-order valence-corrected chi connectivity index (χ2v) is 8.25. The first-order chi connectivity index (χ1) is 16.5. The maximum absolute atomic E-state index is 12.8. The zero-order valence-corrected chi connectivity index (χ0v) is 19.4. The van der Waals surface area contributed by atoms with Crippen LogP contribution in [0.1, 0.15) is 29.9 Å². The summed E-state index contributed by atoms with van der Waals surface area (Å²) in [7, 11) is 3.19. The van der Waals surface area contributed by atoms with Crippen LogP contribution in [-0.4, -0.2) is 55.6 Å². The van der Waals surface area contributed by atoms with Crippen molar-refractivity contribution in [3.8, 4) is 17.2 Å². The molecule has 0 atom stereocenters. The Kier molecular flexibility index (Phi) is 7.06. The fraction of sp³-hybridized carbons (Fsp3) is 0.308. The fourth-order valence-corrected chi connectivity index (χ4v) is 4.33. The molecule has 2 aromatic carbocycles. The lowest BCUT2D eigenvalue weighted by molar-refractivity contribution is -0.127. The first-order valence-corrected chi connectivity index (χ1v) is 11.2. The molecule has 1 aliphatic heterocycles. The summed E-state index contributed by atoms with van der Waals surface area (Å²) in [5.41, 5.74) is 8.29. The van der Waals surface area contributed by atoms with Gasteiger partial charge in [0.05, 0.1) is 14.2 Å². The molecule has 0 unspecified atom stereocenters. The van der Waals surface area contributed by atoms with Crippen LogP contribution >= 0.6 is 0 Å². The maximum Gasteiger partial charge on any atom is 0.255 e. The average Bonchev–Trinajstić information content (AvgIpc) is 3.29. The van der Waals surface area contributed by atoms with E-state index in [0.29, 0.717) is 30.5 Å². The van der Waals surface area contributed by atoms with Gasteiger partial charge in [0.2, 0.25) is 5.91 Å². The summed E-state index contributed by atoms with van der Waals surface area (Å²) >= 11 is 0. The number of H-pyrrole nitrogens is 1. The summed E-state index contributed by atoms with van der Waals surface area (Å²) in [5.74, 6) is 1.53. The molecule has 3 N–H and O–H groups in total. The summed E-state index contributed by atoms with van der Waals surface area (Å²) in [4.78, 5) is 28.9. The Labute approximate surface area is 198 Å². The van der Waals surface area contributed by atoms with Gasteiger partial charge in [-0.25, -0.2) is 0 Å². The molecule has 1 saturated heterocycles. The van der Waals surface area contributed by atoms with Crippen LogP contribution in [0.2, 0.25) is 0 Å². The summed E-state index contributed by atoms with van der Waals surface area (Å²) in [5, 5.41) is 1.18. The minimum absolute atomic E-state index is 0.0212. The van der Waals surface area contributed by atoms with Crippen molar-refractivity contribution in [2.45, 2.75) is 18.8 Å². The largest absolute Gasteiger partial charge is 0.497 e. The molecule has 8 nitrogen and oxygen atoms in total. The maximum atomic E-state index is 12.8. The number of hydrogen-bond acceptors (Lipinski definition) is 5. The van der Waals surface area contributed by atoms with Crippen molar-refractivity contribution in [3.05, 3.63) is 59.8 Å². The number of likely N-dealkylation sites (tertiary alicyclic amines) is 1. The van der Waals surface area contributed by atoms with E-state index in [0.717, 1.165) is 29.7 Å². The van der Waals surface area contributed by atoms with Crippen LogP contribution in [0.25, 0.3) is 17.0 Å². The molecular formula is C26H29N3O5. The minimum Gasteiger partial charge on any atom is -0.497 e. The standard InChI is InChI=1S/C26H29N3O5/c1-32-19-5-6-22-20(14-19)21(15-28-22)18-9-11-29(12-10-18)26(31)8-4-17-3-7-23(24(13-17)33-2)34-16-25(27)30/h3-8,13-15,18,28H,9-12,16H2,1-2H3,(H2,27,30)/b8-4+. The molecule has 3 aromatic rings. The van der Waals surface area contributed by atoms with E-state index in [-0.39, 0.29) is 12.5 Å². The number of ether oxygens (including phenoxy) is 3. The molecule has 0 spiro atoms. The first-order valence-electron chi connectivity index (χ1n) is 11.2. The molecule has 0 saturated carbocycles.